The summed E-state index contributed by atoms with van der Waals surface area (Å²) in [5, 5.41) is 0. The molecule has 0 aromatic rings. The second-order valence-electron chi connectivity index (χ2n) is 5.90. The maximum atomic E-state index is 11.4. The van der Waals surface area contributed by atoms with E-state index in [4.69, 9.17) is 13.9 Å². The van der Waals surface area contributed by atoms with Crippen molar-refractivity contribution in [1.82, 2.24) is 0 Å². The molecule has 0 N–H and O–H groups in total. The van der Waals surface area contributed by atoms with E-state index in [1.54, 1.807) is 6.92 Å². The average Bonchev–Trinajstić information content (AvgIpc) is 2.47. The third kappa shape index (κ3) is 6.57. The van der Waals surface area contributed by atoms with Crippen LogP contribution in [0.2, 0.25) is 18.6 Å². The molecule has 0 aromatic heterocycles. The minimum absolute atomic E-state index is 0.130. The molecule has 6 heteroatoms. The van der Waals surface area contributed by atoms with Gasteiger partial charge in [-0.1, -0.05) is 32.4 Å². The third-order valence-corrected chi connectivity index (χ3v) is 7.33. The lowest BCUT2D eigenvalue weighted by molar-refractivity contribution is -0.162. The first-order valence-electron chi connectivity index (χ1n) is 7.70. The molecule has 22 heavy (non-hydrogen) atoms. The predicted octanol–water partition coefficient (Wildman–Crippen LogP) is 3.33. The number of rotatable bonds is 8. The lowest BCUT2D eigenvalue weighted by Gasteiger charge is -2.34. The summed E-state index contributed by atoms with van der Waals surface area (Å²) in [6, 6.07) is 2.14. The third-order valence-electron chi connectivity index (χ3n) is 3.68. The molecule has 1 aliphatic heterocycles. The van der Waals surface area contributed by atoms with Gasteiger partial charge in [0.2, 0.25) is 0 Å². The quantitative estimate of drug-likeness (QED) is 0.296. The van der Waals surface area contributed by atoms with Crippen LogP contribution in [0, 0.1) is 0 Å². The summed E-state index contributed by atoms with van der Waals surface area (Å²) in [5.74, 6) is -0.973. The van der Waals surface area contributed by atoms with Crippen LogP contribution >= 0.6 is 0 Å². The summed E-state index contributed by atoms with van der Waals surface area (Å²) >= 11 is 0. The maximum absolute atomic E-state index is 11.4. The fraction of sp³-hybridized carbons (Fsp3) is 0.625. The molecule has 0 radical (unpaired) electrons. The van der Waals surface area contributed by atoms with Crippen LogP contribution in [-0.4, -0.2) is 33.2 Å². The number of esters is 2. The Bertz CT molecular complexity index is 426. The number of carbonyl (C=O) groups is 2. The van der Waals surface area contributed by atoms with Gasteiger partial charge in [-0.05, 0) is 25.6 Å². The molecule has 0 saturated carbocycles. The van der Waals surface area contributed by atoms with E-state index in [9.17, 15) is 9.59 Å². The molecule has 1 saturated heterocycles. The van der Waals surface area contributed by atoms with E-state index in [2.05, 4.69) is 19.7 Å². The topological polar surface area (TPSA) is 61.8 Å². The SMILES string of the molecule is C=CC(=O)OC(CCOC(=O)C(=C)C)O[Si]1(C)CCCCC1. The largest absolute Gasteiger partial charge is 0.462 e. The van der Waals surface area contributed by atoms with Crippen molar-refractivity contribution in [1.29, 1.82) is 0 Å². The van der Waals surface area contributed by atoms with E-state index >= 15 is 0 Å². The molecular formula is C16H26O5Si. The zero-order valence-electron chi connectivity index (χ0n) is 13.6. The molecule has 1 fully saturated rings. The predicted molar refractivity (Wildman–Crippen MR) is 86.6 cm³/mol. The van der Waals surface area contributed by atoms with Crippen molar-refractivity contribution >= 4 is 20.3 Å². The molecule has 124 valence electrons. The highest BCUT2D eigenvalue weighted by Gasteiger charge is 2.34. The van der Waals surface area contributed by atoms with Gasteiger partial charge in [-0.3, -0.25) is 0 Å². The summed E-state index contributed by atoms with van der Waals surface area (Å²) < 4.78 is 16.4. The van der Waals surface area contributed by atoms with Gasteiger partial charge in [-0.25, -0.2) is 9.59 Å². The fourth-order valence-electron chi connectivity index (χ4n) is 2.43. The van der Waals surface area contributed by atoms with E-state index in [0.717, 1.165) is 31.0 Å². The van der Waals surface area contributed by atoms with Crippen LogP contribution < -0.4 is 0 Å². The Balaban J connectivity index is 2.55. The van der Waals surface area contributed by atoms with E-state index in [-0.39, 0.29) is 6.61 Å². The van der Waals surface area contributed by atoms with Crippen molar-refractivity contribution in [3.05, 3.63) is 24.8 Å². The second kappa shape index (κ2) is 8.90. The first kappa shape index (κ1) is 18.6. The molecule has 1 unspecified atom stereocenters. The lowest BCUT2D eigenvalue weighted by Crippen LogP contribution is -2.42. The zero-order chi connectivity index (χ0) is 16.6. The van der Waals surface area contributed by atoms with Gasteiger partial charge in [0.1, 0.15) is 0 Å². The van der Waals surface area contributed by atoms with Crippen LogP contribution in [0.3, 0.4) is 0 Å². The molecule has 1 aliphatic rings. The second-order valence-corrected chi connectivity index (χ2v) is 10.0. The smallest absolute Gasteiger partial charge is 0.333 e. The monoisotopic (exact) mass is 326 g/mol. The minimum atomic E-state index is -1.85. The highest BCUT2D eigenvalue weighted by molar-refractivity contribution is 6.72. The van der Waals surface area contributed by atoms with Gasteiger partial charge < -0.3 is 13.9 Å². The average molecular weight is 326 g/mol. The van der Waals surface area contributed by atoms with Crippen LogP contribution in [0.15, 0.2) is 24.8 Å². The van der Waals surface area contributed by atoms with Gasteiger partial charge in [0, 0.05) is 18.1 Å². The molecule has 5 nitrogen and oxygen atoms in total. The van der Waals surface area contributed by atoms with E-state index in [1.807, 2.05) is 0 Å². The first-order chi connectivity index (χ1) is 10.4. The van der Waals surface area contributed by atoms with Crippen LogP contribution in [-0.2, 0) is 23.5 Å². The number of carbonyl (C=O) groups excluding carboxylic acids is 2. The van der Waals surface area contributed by atoms with Gasteiger partial charge in [-0.15, -0.1) is 0 Å². The summed E-state index contributed by atoms with van der Waals surface area (Å²) in [4.78, 5) is 22.8. The molecule has 1 rings (SSSR count). The fourth-order valence-corrected chi connectivity index (χ4v) is 5.71. The standard InChI is InChI=1S/C16H26O5Si/c1-5-14(17)20-15(9-10-19-16(18)13(2)3)21-22(4)11-7-6-8-12-22/h5,15H,1-2,6-12H2,3-4H3. The first-order valence-corrected chi connectivity index (χ1v) is 10.5. The molecule has 1 atom stereocenters. The summed E-state index contributed by atoms with van der Waals surface area (Å²) in [5.41, 5.74) is 0.342. The number of hydrogen-bond acceptors (Lipinski definition) is 5. The summed E-state index contributed by atoms with van der Waals surface area (Å²) in [7, 11) is -1.85. The van der Waals surface area contributed by atoms with Crippen molar-refractivity contribution in [2.75, 3.05) is 6.61 Å². The van der Waals surface area contributed by atoms with Crippen molar-refractivity contribution in [2.24, 2.45) is 0 Å². The van der Waals surface area contributed by atoms with Crippen molar-refractivity contribution in [2.45, 2.75) is 57.5 Å². The van der Waals surface area contributed by atoms with Crippen molar-refractivity contribution in [3.8, 4) is 0 Å². The van der Waals surface area contributed by atoms with Gasteiger partial charge in [0.15, 0.2) is 14.6 Å². The van der Waals surface area contributed by atoms with Gasteiger partial charge in [0.25, 0.3) is 0 Å². The number of hydrogen-bond donors (Lipinski definition) is 0. The van der Waals surface area contributed by atoms with Crippen LogP contribution in [0.5, 0.6) is 0 Å². The van der Waals surface area contributed by atoms with Crippen LogP contribution in [0.4, 0.5) is 0 Å². The van der Waals surface area contributed by atoms with Gasteiger partial charge >= 0.3 is 11.9 Å². The maximum Gasteiger partial charge on any atom is 0.333 e. The summed E-state index contributed by atoms with van der Waals surface area (Å²) in [6.45, 7) is 10.8. The highest BCUT2D eigenvalue weighted by Crippen LogP contribution is 2.31. The summed E-state index contributed by atoms with van der Waals surface area (Å²) in [6.07, 6.45) is 4.31. The molecule has 0 aromatic carbocycles. The van der Waals surface area contributed by atoms with E-state index < -0.39 is 26.5 Å². The van der Waals surface area contributed by atoms with Gasteiger partial charge in [0.05, 0.1) is 6.61 Å². The molecular weight excluding hydrogens is 300 g/mol. The van der Waals surface area contributed by atoms with Gasteiger partial charge in [-0.2, -0.15) is 0 Å². The minimum Gasteiger partial charge on any atom is -0.462 e. The Kier molecular flexibility index (Phi) is 7.54. The Hall–Kier alpha value is -1.40. The normalized spacial score (nSPS) is 18.1. The molecule has 0 bridgehead atoms. The van der Waals surface area contributed by atoms with Crippen molar-refractivity contribution in [3.63, 3.8) is 0 Å². The Morgan fingerprint density at radius 3 is 2.45 bits per heavy atom. The lowest BCUT2D eigenvalue weighted by atomic mass is 10.3. The van der Waals surface area contributed by atoms with E-state index in [0.29, 0.717) is 12.0 Å². The Morgan fingerprint density at radius 1 is 1.27 bits per heavy atom. The number of ether oxygens (including phenoxy) is 2. The zero-order valence-corrected chi connectivity index (χ0v) is 14.6. The van der Waals surface area contributed by atoms with Crippen molar-refractivity contribution < 1.29 is 23.5 Å². The molecule has 1 heterocycles. The highest BCUT2D eigenvalue weighted by atomic mass is 28.4. The van der Waals surface area contributed by atoms with E-state index in [1.165, 1.54) is 6.42 Å². The molecule has 0 aliphatic carbocycles. The molecule has 0 amide bonds. The van der Waals surface area contributed by atoms with Crippen LogP contribution in [0.25, 0.3) is 0 Å². The van der Waals surface area contributed by atoms with Crippen LogP contribution in [0.1, 0.15) is 32.6 Å². The Morgan fingerprint density at radius 2 is 1.91 bits per heavy atom. The Labute approximate surface area is 133 Å². The molecule has 0 spiro atoms.